The van der Waals surface area contributed by atoms with Gasteiger partial charge in [0.05, 0.1) is 24.8 Å². The predicted octanol–water partition coefficient (Wildman–Crippen LogP) is 0.792. The molecule has 0 N–H and O–H groups in total. The quantitative estimate of drug-likeness (QED) is 0.756. The van der Waals surface area contributed by atoms with Gasteiger partial charge in [-0.15, -0.1) is 0 Å². The summed E-state index contributed by atoms with van der Waals surface area (Å²) in [5.41, 5.74) is 0.201. The summed E-state index contributed by atoms with van der Waals surface area (Å²) in [7, 11) is 0. The van der Waals surface area contributed by atoms with Gasteiger partial charge in [0.15, 0.2) is 0 Å². The maximum Gasteiger partial charge on any atom is 0.225 e. The fraction of sp³-hybridized carbons (Fsp3) is 0.941. The normalized spacial score (nSPS) is 32.7. The molecule has 3 saturated heterocycles. The Bertz CT molecular complexity index is 443. The zero-order chi connectivity index (χ0) is 15.3. The van der Waals surface area contributed by atoms with Crippen molar-refractivity contribution in [1.82, 2.24) is 14.7 Å². The van der Waals surface area contributed by atoms with Crippen molar-refractivity contribution < 1.29 is 9.53 Å². The maximum atomic E-state index is 12.5. The minimum atomic E-state index is 0.0934. The highest BCUT2D eigenvalue weighted by Gasteiger charge is 2.56. The van der Waals surface area contributed by atoms with Crippen molar-refractivity contribution in [2.75, 3.05) is 45.9 Å². The smallest absolute Gasteiger partial charge is 0.225 e. The van der Waals surface area contributed by atoms with Gasteiger partial charge in [-0.1, -0.05) is 20.3 Å². The van der Waals surface area contributed by atoms with Crippen LogP contribution in [0.4, 0.5) is 0 Å². The fourth-order valence-electron chi connectivity index (χ4n) is 4.73. The van der Waals surface area contributed by atoms with Gasteiger partial charge in [0, 0.05) is 44.7 Å². The van der Waals surface area contributed by atoms with Gasteiger partial charge in [0.2, 0.25) is 5.91 Å². The molecule has 1 atom stereocenters. The Morgan fingerprint density at radius 1 is 1.18 bits per heavy atom. The summed E-state index contributed by atoms with van der Waals surface area (Å²) in [6.07, 6.45) is 4.14. The van der Waals surface area contributed by atoms with Crippen molar-refractivity contribution in [3.63, 3.8) is 0 Å². The first kappa shape index (κ1) is 14.9. The second-order valence-electron chi connectivity index (χ2n) is 8.01. The minimum Gasteiger partial charge on any atom is -0.378 e. The van der Waals surface area contributed by atoms with E-state index in [-0.39, 0.29) is 11.5 Å². The second-order valence-corrected chi connectivity index (χ2v) is 8.01. The predicted molar refractivity (Wildman–Crippen MR) is 84.7 cm³/mol. The van der Waals surface area contributed by atoms with Crippen LogP contribution in [0.5, 0.6) is 0 Å². The number of hydrogen-bond acceptors (Lipinski definition) is 4. The molecule has 5 heteroatoms. The molecule has 0 aromatic heterocycles. The van der Waals surface area contributed by atoms with Crippen LogP contribution in [0.1, 0.15) is 33.1 Å². The fourth-order valence-corrected chi connectivity index (χ4v) is 4.73. The molecule has 1 aliphatic carbocycles. The Hall–Kier alpha value is -0.650. The topological polar surface area (TPSA) is 36.0 Å². The van der Waals surface area contributed by atoms with Crippen LogP contribution in [0.3, 0.4) is 0 Å². The zero-order valence-corrected chi connectivity index (χ0v) is 14.0. The summed E-state index contributed by atoms with van der Waals surface area (Å²) in [5, 5.41) is 0. The van der Waals surface area contributed by atoms with Crippen molar-refractivity contribution >= 4 is 5.91 Å². The highest BCUT2D eigenvalue weighted by molar-refractivity contribution is 5.78. The molecule has 4 rings (SSSR count). The number of morpholine rings is 1. The molecule has 22 heavy (non-hydrogen) atoms. The van der Waals surface area contributed by atoms with Gasteiger partial charge in [-0.3, -0.25) is 14.6 Å². The second kappa shape index (κ2) is 5.46. The van der Waals surface area contributed by atoms with Crippen molar-refractivity contribution in [1.29, 1.82) is 0 Å². The molecule has 4 aliphatic rings. The molecular formula is C17H29N3O2. The van der Waals surface area contributed by atoms with Crippen LogP contribution in [-0.4, -0.2) is 84.2 Å². The molecule has 0 aromatic rings. The number of carbonyl (C=O) groups is 1. The SMILES string of the molecule is CC(C)C(=O)N1C[C@@H]2COCCN2C2(C1)CN(C1CCC1)C2. The molecule has 0 bridgehead atoms. The third-order valence-electron chi connectivity index (χ3n) is 6.14. The average Bonchev–Trinajstić information content (AvgIpc) is 2.42. The number of carbonyl (C=O) groups excluding carboxylic acids is 1. The summed E-state index contributed by atoms with van der Waals surface area (Å²) in [6.45, 7) is 10.8. The Morgan fingerprint density at radius 3 is 2.59 bits per heavy atom. The van der Waals surface area contributed by atoms with E-state index in [1.54, 1.807) is 0 Å². The Labute approximate surface area is 133 Å². The van der Waals surface area contributed by atoms with Gasteiger partial charge in [-0.25, -0.2) is 0 Å². The van der Waals surface area contributed by atoms with Gasteiger partial charge >= 0.3 is 0 Å². The summed E-state index contributed by atoms with van der Waals surface area (Å²) in [5.74, 6) is 0.405. The number of rotatable bonds is 2. The van der Waals surface area contributed by atoms with Crippen molar-refractivity contribution in [2.45, 2.75) is 50.7 Å². The first-order chi connectivity index (χ1) is 10.6. The van der Waals surface area contributed by atoms with E-state index >= 15 is 0 Å². The Balaban J connectivity index is 1.51. The van der Waals surface area contributed by atoms with E-state index in [4.69, 9.17) is 4.74 Å². The third-order valence-corrected chi connectivity index (χ3v) is 6.14. The molecule has 0 aromatic carbocycles. The van der Waals surface area contributed by atoms with Gasteiger partial charge in [0.25, 0.3) is 0 Å². The lowest BCUT2D eigenvalue weighted by molar-refractivity contribution is -0.185. The highest BCUT2D eigenvalue weighted by atomic mass is 16.5. The van der Waals surface area contributed by atoms with Gasteiger partial charge < -0.3 is 9.64 Å². The molecular weight excluding hydrogens is 278 g/mol. The summed E-state index contributed by atoms with van der Waals surface area (Å²) in [4.78, 5) is 20.0. The summed E-state index contributed by atoms with van der Waals surface area (Å²) < 4.78 is 5.70. The van der Waals surface area contributed by atoms with Gasteiger partial charge in [0.1, 0.15) is 0 Å². The molecule has 1 spiro atoms. The Morgan fingerprint density at radius 2 is 1.95 bits per heavy atom. The largest absolute Gasteiger partial charge is 0.378 e. The van der Waals surface area contributed by atoms with Crippen LogP contribution < -0.4 is 0 Å². The van der Waals surface area contributed by atoms with Crippen molar-refractivity contribution in [3.8, 4) is 0 Å². The first-order valence-electron chi connectivity index (χ1n) is 8.96. The Kier molecular flexibility index (Phi) is 3.70. The van der Waals surface area contributed by atoms with E-state index in [2.05, 4.69) is 14.7 Å². The van der Waals surface area contributed by atoms with Crippen LogP contribution >= 0.6 is 0 Å². The molecule has 0 unspecified atom stereocenters. The average molecular weight is 307 g/mol. The number of ether oxygens (including phenoxy) is 1. The monoisotopic (exact) mass is 307 g/mol. The molecule has 124 valence electrons. The van der Waals surface area contributed by atoms with Crippen LogP contribution in [0.15, 0.2) is 0 Å². The molecule has 3 heterocycles. The molecule has 1 saturated carbocycles. The van der Waals surface area contributed by atoms with Crippen molar-refractivity contribution in [2.24, 2.45) is 5.92 Å². The molecule has 4 fully saturated rings. The highest BCUT2D eigenvalue weighted by Crippen LogP contribution is 2.40. The lowest BCUT2D eigenvalue weighted by Crippen LogP contribution is -2.82. The van der Waals surface area contributed by atoms with Gasteiger partial charge in [-0.05, 0) is 12.8 Å². The number of fused-ring (bicyclic) bond motifs is 2. The lowest BCUT2D eigenvalue weighted by Gasteiger charge is -2.65. The molecule has 3 aliphatic heterocycles. The van der Waals surface area contributed by atoms with Crippen LogP contribution in [0.25, 0.3) is 0 Å². The number of piperazine rings is 1. The molecule has 1 amide bonds. The summed E-state index contributed by atoms with van der Waals surface area (Å²) in [6, 6.07) is 1.22. The number of nitrogens with zero attached hydrogens (tertiary/aromatic N) is 3. The van der Waals surface area contributed by atoms with Crippen LogP contribution in [0.2, 0.25) is 0 Å². The van der Waals surface area contributed by atoms with E-state index in [1.807, 2.05) is 13.8 Å². The van der Waals surface area contributed by atoms with E-state index in [0.717, 1.165) is 52.0 Å². The molecule has 5 nitrogen and oxygen atoms in total. The minimum absolute atomic E-state index is 0.0934. The lowest BCUT2D eigenvalue weighted by atomic mass is 9.78. The standard InChI is InChI=1S/C17H29N3O2/c1-13(2)16(21)18-8-15-9-22-7-6-20(15)17(10-18)11-19(12-17)14-4-3-5-14/h13-15H,3-12H2,1-2H3/t15-/m1/s1. The van der Waals surface area contributed by atoms with Crippen molar-refractivity contribution in [3.05, 3.63) is 0 Å². The molecule has 0 radical (unpaired) electrons. The number of likely N-dealkylation sites (tertiary alicyclic amines) is 1. The third kappa shape index (κ3) is 2.29. The zero-order valence-electron chi connectivity index (χ0n) is 14.0. The van der Waals surface area contributed by atoms with Gasteiger partial charge in [-0.2, -0.15) is 0 Å². The summed E-state index contributed by atoms with van der Waals surface area (Å²) >= 11 is 0. The van der Waals surface area contributed by atoms with E-state index in [1.165, 1.54) is 19.3 Å². The van der Waals surface area contributed by atoms with Crippen LogP contribution in [-0.2, 0) is 9.53 Å². The number of amides is 1. The maximum absolute atomic E-state index is 12.5. The van der Waals surface area contributed by atoms with E-state index in [9.17, 15) is 4.79 Å². The first-order valence-corrected chi connectivity index (χ1v) is 8.96. The van der Waals surface area contributed by atoms with E-state index < -0.39 is 0 Å². The van der Waals surface area contributed by atoms with Crippen LogP contribution in [0, 0.1) is 5.92 Å². The number of hydrogen-bond donors (Lipinski definition) is 0. The van der Waals surface area contributed by atoms with E-state index in [0.29, 0.717) is 11.9 Å².